The lowest BCUT2D eigenvalue weighted by atomic mass is 9.96. The van der Waals surface area contributed by atoms with Gasteiger partial charge >= 0.3 is 5.97 Å². The molecule has 2 amide bonds. The average Bonchev–Trinajstić information content (AvgIpc) is 2.80. The number of nitrogens with zero attached hydrogens (tertiary/aromatic N) is 1. The Morgan fingerprint density at radius 2 is 2.00 bits per heavy atom. The third-order valence-electron chi connectivity index (χ3n) is 3.70. The summed E-state index contributed by atoms with van der Waals surface area (Å²) in [5.41, 5.74) is 0. The number of aliphatic hydroxyl groups is 1. The molecule has 0 saturated carbocycles. The number of imide groups is 1. The van der Waals surface area contributed by atoms with Crippen molar-refractivity contribution in [1.82, 2.24) is 10.2 Å². The van der Waals surface area contributed by atoms with Gasteiger partial charge in [0.1, 0.15) is 6.04 Å². The second kappa shape index (κ2) is 6.81. The summed E-state index contributed by atoms with van der Waals surface area (Å²) in [5, 5.41) is 21.6. The number of carbonyl (C=O) groups excluding carboxylic acids is 2. The third kappa shape index (κ3) is 3.55. The van der Waals surface area contributed by atoms with Crippen molar-refractivity contribution < 1.29 is 24.6 Å². The Morgan fingerprint density at radius 3 is 2.35 bits per heavy atom. The zero-order valence-corrected chi connectivity index (χ0v) is 12.0. The molecule has 114 valence electrons. The number of hydrogen-bond donors (Lipinski definition) is 3. The fourth-order valence-corrected chi connectivity index (χ4v) is 2.39. The van der Waals surface area contributed by atoms with E-state index >= 15 is 0 Å². The number of nitrogens with one attached hydrogen (secondary N) is 1. The first-order valence-corrected chi connectivity index (χ1v) is 6.77. The van der Waals surface area contributed by atoms with Crippen LogP contribution in [0.5, 0.6) is 0 Å². The van der Waals surface area contributed by atoms with Gasteiger partial charge in [-0.2, -0.15) is 0 Å². The molecule has 7 nitrogen and oxygen atoms in total. The van der Waals surface area contributed by atoms with Gasteiger partial charge in [0.05, 0.1) is 12.1 Å². The Balaban J connectivity index is 2.99. The Labute approximate surface area is 117 Å². The molecule has 0 aromatic heterocycles. The molecule has 4 unspecified atom stereocenters. The highest BCUT2D eigenvalue weighted by Gasteiger charge is 2.41. The van der Waals surface area contributed by atoms with E-state index in [1.807, 2.05) is 0 Å². The minimum Gasteiger partial charge on any atom is -0.480 e. The Kier molecular flexibility index (Phi) is 5.64. The lowest BCUT2D eigenvalue weighted by Gasteiger charge is -2.31. The van der Waals surface area contributed by atoms with Crippen LogP contribution in [0.2, 0.25) is 0 Å². The molecule has 0 bridgehead atoms. The minimum absolute atomic E-state index is 0.190. The van der Waals surface area contributed by atoms with Gasteiger partial charge in [-0.25, -0.2) is 4.79 Å². The Bertz CT molecular complexity index is 398. The van der Waals surface area contributed by atoms with E-state index in [9.17, 15) is 24.6 Å². The molecule has 0 radical (unpaired) electrons. The van der Waals surface area contributed by atoms with Crippen LogP contribution in [-0.2, 0) is 14.4 Å². The number of aliphatic carboxylic acids is 1. The molecule has 1 aliphatic heterocycles. The number of carboxylic acids is 1. The molecule has 0 spiro atoms. The molecule has 20 heavy (non-hydrogen) atoms. The molecule has 0 aliphatic carbocycles. The van der Waals surface area contributed by atoms with Crippen molar-refractivity contribution in [2.24, 2.45) is 5.92 Å². The lowest BCUT2D eigenvalue weighted by Crippen LogP contribution is -2.55. The first-order chi connectivity index (χ1) is 9.29. The van der Waals surface area contributed by atoms with Gasteiger partial charge in [-0.05, 0) is 12.3 Å². The third-order valence-corrected chi connectivity index (χ3v) is 3.70. The van der Waals surface area contributed by atoms with E-state index in [-0.39, 0.29) is 18.9 Å². The van der Waals surface area contributed by atoms with E-state index in [2.05, 4.69) is 5.32 Å². The van der Waals surface area contributed by atoms with Crippen LogP contribution >= 0.6 is 0 Å². The normalized spacial score (nSPS) is 25.0. The number of hydrogen-bond acceptors (Lipinski definition) is 5. The fourth-order valence-electron chi connectivity index (χ4n) is 2.39. The zero-order valence-electron chi connectivity index (χ0n) is 12.0. The molecule has 3 N–H and O–H groups in total. The van der Waals surface area contributed by atoms with Crippen LogP contribution in [0, 0.1) is 5.92 Å². The van der Waals surface area contributed by atoms with Gasteiger partial charge < -0.3 is 15.5 Å². The molecule has 1 aliphatic rings. The number of amides is 2. The predicted molar refractivity (Wildman–Crippen MR) is 70.8 cm³/mol. The topological polar surface area (TPSA) is 107 Å². The standard InChI is InChI=1S/C13H22N2O5/c1-4-7(2)11(13(19)20)15(8(3)16)12(18)10-5-9(17)6-14-10/h7,9-11,14,17H,4-6H2,1-3H3,(H,19,20). The molecule has 1 saturated heterocycles. The largest absolute Gasteiger partial charge is 0.480 e. The maximum atomic E-state index is 12.4. The summed E-state index contributed by atoms with van der Waals surface area (Å²) in [5.74, 6) is -2.71. The van der Waals surface area contributed by atoms with Gasteiger partial charge in [0, 0.05) is 13.5 Å². The zero-order chi connectivity index (χ0) is 15.4. The van der Waals surface area contributed by atoms with Crippen LogP contribution in [-0.4, -0.2) is 57.6 Å². The lowest BCUT2D eigenvalue weighted by molar-refractivity contribution is -0.160. The smallest absolute Gasteiger partial charge is 0.327 e. The summed E-state index contributed by atoms with van der Waals surface area (Å²) in [7, 11) is 0. The molecule has 0 aromatic rings. The van der Waals surface area contributed by atoms with Crippen molar-refractivity contribution in [2.75, 3.05) is 6.54 Å². The van der Waals surface area contributed by atoms with Crippen molar-refractivity contribution in [2.45, 2.75) is 51.8 Å². The molecule has 0 aromatic carbocycles. The summed E-state index contributed by atoms with van der Waals surface area (Å²) in [6, 6.07) is -1.88. The van der Waals surface area contributed by atoms with Crippen LogP contribution < -0.4 is 5.32 Å². The van der Waals surface area contributed by atoms with Crippen LogP contribution in [0.4, 0.5) is 0 Å². The predicted octanol–water partition coefficient (Wildman–Crippen LogP) is -0.416. The second-order valence-electron chi connectivity index (χ2n) is 5.25. The molecule has 1 rings (SSSR count). The fraction of sp³-hybridized carbons (Fsp3) is 0.769. The number of β-amino-alcohol motifs (C(OH)–C–C–N with tert-alkyl or cyclic N) is 1. The first kappa shape index (κ1) is 16.6. The highest BCUT2D eigenvalue weighted by Crippen LogP contribution is 2.19. The SMILES string of the molecule is CCC(C)C(C(=O)O)N(C(C)=O)C(=O)C1CC(O)CN1. The molecular formula is C13H22N2O5. The van der Waals surface area contributed by atoms with Crippen LogP contribution in [0.3, 0.4) is 0 Å². The molecular weight excluding hydrogens is 264 g/mol. The summed E-state index contributed by atoms with van der Waals surface area (Å²) in [6.45, 7) is 4.95. The summed E-state index contributed by atoms with van der Waals surface area (Å²) in [6.07, 6.45) is 0.0779. The monoisotopic (exact) mass is 286 g/mol. The Hall–Kier alpha value is -1.47. The van der Waals surface area contributed by atoms with Crippen molar-refractivity contribution >= 4 is 17.8 Å². The molecule has 7 heteroatoms. The minimum atomic E-state index is -1.19. The number of rotatable bonds is 5. The maximum Gasteiger partial charge on any atom is 0.327 e. The van der Waals surface area contributed by atoms with Gasteiger partial charge in [0.15, 0.2) is 0 Å². The summed E-state index contributed by atoms with van der Waals surface area (Å²) in [4.78, 5) is 36.3. The van der Waals surface area contributed by atoms with E-state index in [1.54, 1.807) is 13.8 Å². The van der Waals surface area contributed by atoms with E-state index < -0.39 is 36.0 Å². The van der Waals surface area contributed by atoms with Crippen LogP contribution in [0.15, 0.2) is 0 Å². The van der Waals surface area contributed by atoms with Crippen LogP contribution in [0.1, 0.15) is 33.6 Å². The van der Waals surface area contributed by atoms with Gasteiger partial charge in [0.2, 0.25) is 11.8 Å². The van der Waals surface area contributed by atoms with Crippen molar-refractivity contribution in [1.29, 1.82) is 0 Å². The van der Waals surface area contributed by atoms with E-state index in [0.717, 1.165) is 4.90 Å². The quantitative estimate of drug-likeness (QED) is 0.634. The second-order valence-corrected chi connectivity index (χ2v) is 5.25. The average molecular weight is 286 g/mol. The summed E-state index contributed by atoms with van der Waals surface area (Å²) < 4.78 is 0. The highest BCUT2D eigenvalue weighted by atomic mass is 16.4. The highest BCUT2D eigenvalue weighted by molar-refractivity contribution is 6.00. The molecule has 4 atom stereocenters. The Morgan fingerprint density at radius 1 is 1.40 bits per heavy atom. The van der Waals surface area contributed by atoms with E-state index in [0.29, 0.717) is 6.42 Å². The summed E-state index contributed by atoms with van der Waals surface area (Å²) >= 11 is 0. The maximum absolute atomic E-state index is 12.4. The van der Waals surface area contributed by atoms with Gasteiger partial charge in [-0.3, -0.25) is 14.5 Å². The molecule has 1 fully saturated rings. The van der Waals surface area contributed by atoms with Crippen molar-refractivity contribution in [3.63, 3.8) is 0 Å². The van der Waals surface area contributed by atoms with Crippen LogP contribution in [0.25, 0.3) is 0 Å². The molecule has 1 heterocycles. The first-order valence-electron chi connectivity index (χ1n) is 6.77. The van der Waals surface area contributed by atoms with Gasteiger partial charge in [0.25, 0.3) is 0 Å². The van der Waals surface area contributed by atoms with E-state index in [4.69, 9.17) is 0 Å². The van der Waals surface area contributed by atoms with E-state index in [1.165, 1.54) is 6.92 Å². The number of carbonyl (C=O) groups is 3. The van der Waals surface area contributed by atoms with Gasteiger partial charge in [-0.1, -0.05) is 20.3 Å². The number of carboxylic acid groups (broad SMARTS) is 1. The van der Waals surface area contributed by atoms with Crippen molar-refractivity contribution in [3.8, 4) is 0 Å². The van der Waals surface area contributed by atoms with Crippen molar-refractivity contribution in [3.05, 3.63) is 0 Å². The number of aliphatic hydroxyl groups excluding tert-OH is 1. The van der Waals surface area contributed by atoms with Gasteiger partial charge in [-0.15, -0.1) is 0 Å².